The Hall–Kier alpha value is -1.38. The Morgan fingerprint density at radius 1 is 0.944 bits per heavy atom. The first-order chi connectivity index (χ1) is 8.10. The molecule has 2 rings (SSSR count). The summed E-state index contributed by atoms with van der Waals surface area (Å²) in [6.07, 6.45) is 2.06. The van der Waals surface area contributed by atoms with Crippen molar-refractivity contribution in [2.75, 3.05) is 0 Å². The molecule has 3 heteroatoms. The standard InChI is InChI=1S/C15H23N3/c1-14(2,3)12-11-10(8-9-18(11)7)16-13(17-12)15(4,5)6/h8-9H,1-7H3. The van der Waals surface area contributed by atoms with Gasteiger partial charge in [0.25, 0.3) is 0 Å². The van der Waals surface area contributed by atoms with Crippen LogP contribution in [0.5, 0.6) is 0 Å². The van der Waals surface area contributed by atoms with Crippen LogP contribution in [-0.4, -0.2) is 14.5 Å². The van der Waals surface area contributed by atoms with E-state index in [1.807, 2.05) is 0 Å². The fourth-order valence-corrected chi connectivity index (χ4v) is 2.05. The monoisotopic (exact) mass is 245 g/mol. The van der Waals surface area contributed by atoms with Crippen LogP contribution in [0.25, 0.3) is 11.0 Å². The van der Waals surface area contributed by atoms with Gasteiger partial charge in [-0.1, -0.05) is 41.5 Å². The van der Waals surface area contributed by atoms with Crippen LogP contribution in [0.2, 0.25) is 0 Å². The maximum absolute atomic E-state index is 4.84. The molecule has 0 radical (unpaired) electrons. The first-order valence-corrected chi connectivity index (χ1v) is 6.45. The zero-order valence-electron chi connectivity index (χ0n) is 12.5. The Balaban J connectivity index is 2.83. The van der Waals surface area contributed by atoms with Gasteiger partial charge in [-0.3, -0.25) is 0 Å². The molecule has 98 valence electrons. The van der Waals surface area contributed by atoms with E-state index in [0.717, 1.165) is 22.6 Å². The SMILES string of the molecule is Cn1ccc2nc(C(C)(C)C)nc(C(C)(C)C)c21. The van der Waals surface area contributed by atoms with Gasteiger partial charge in [0, 0.05) is 24.1 Å². The molecule has 0 saturated heterocycles. The highest BCUT2D eigenvalue weighted by atomic mass is 15.0. The molecule has 0 aliphatic rings. The lowest BCUT2D eigenvalue weighted by Crippen LogP contribution is -2.22. The summed E-state index contributed by atoms with van der Waals surface area (Å²) in [7, 11) is 2.05. The number of aryl methyl sites for hydroxylation is 1. The van der Waals surface area contributed by atoms with Crippen molar-refractivity contribution in [2.24, 2.45) is 7.05 Å². The predicted octanol–water partition coefficient (Wildman–Crippen LogP) is 3.56. The van der Waals surface area contributed by atoms with Crippen LogP contribution in [0, 0.1) is 0 Å². The summed E-state index contributed by atoms with van der Waals surface area (Å²) in [5.74, 6) is 0.922. The highest BCUT2D eigenvalue weighted by Crippen LogP contribution is 2.30. The molecule has 2 aromatic heterocycles. The van der Waals surface area contributed by atoms with E-state index in [-0.39, 0.29) is 10.8 Å². The van der Waals surface area contributed by atoms with Crippen molar-refractivity contribution in [3.8, 4) is 0 Å². The molecule has 2 aromatic rings. The highest BCUT2D eigenvalue weighted by Gasteiger charge is 2.26. The Bertz CT molecular complexity index is 580. The normalized spacial score (nSPS) is 13.3. The van der Waals surface area contributed by atoms with Gasteiger partial charge in [0.2, 0.25) is 0 Å². The molecule has 2 heterocycles. The molecule has 0 spiro atoms. The van der Waals surface area contributed by atoms with Gasteiger partial charge in [-0.05, 0) is 6.07 Å². The molecule has 0 saturated carbocycles. The number of hydrogen-bond donors (Lipinski definition) is 0. The molecule has 0 unspecified atom stereocenters. The summed E-state index contributed by atoms with van der Waals surface area (Å²) >= 11 is 0. The fraction of sp³-hybridized carbons (Fsp3) is 0.600. The van der Waals surface area contributed by atoms with Crippen LogP contribution in [0.15, 0.2) is 12.3 Å². The van der Waals surface area contributed by atoms with Gasteiger partial charge >= 0.3 is 0 Å². The average Bonchev–Trinajstić information content (AvgIpc) is 2.56. The summed E-state index contributed by atoms with van der Waals surface area (Å²) < 4.78 is 2.11. The molecule has 3 nitrogen and oxygen atoms in total. The van der Waals surface area contributed by atoms with Crippen LogP contribution in [0.4, 0.5) is 0 Å². The molecule has 0 aromatic carbocycles. The third-order valence-electron chi connectivity index (χ3n) is 3.10. The summed E-state index contributed by atoms with van der Waals surface area (Å²) in [5.41, 5.74) is 3.32. The van der Waals surface area contributed by atoms with Crippen molar-refractivity contribution in [3.05, 3.63) is 23.8 Å². The lowest BCUT2D eigenvalue weighted by molar-refractivity contribution is 0.518. The van der Waals surface area contributed by atoms with Gasteiger partial charge in [-0.2, -0.15) is 0 Å². The van der Waals surface area contributed by atoms with E-state index >= 15 is 0 Å². The third-order valence-corrected chi connectivity index (χ3v) is 3.10. The van der Waals surface area contributed by atoms with E-state index in [0.29, 0.717) is 0 Å². The van der Waals surface area contributed by atoms with Crippen molar-refractivity contribution >= 4 is 11.0 Å². The second-order valence-electron chi connectivity index (χ2n) is 7.06. The van der Waals surface area contributed by atoms with E-state index in [2.05, 4.69) is 65.4 Å². The van der Waals surface area contributed by atoms with Gasteiger partial charge in [-0.15, -0.1) is 0 Å². The average molecular weight is 245 g/mol. The molecular weight excluding hydrogens is 222 g/mol. The summed E-state index contributed by atoms with van der Waals surface area (Å²) in [5, 5.41) is 0. The van der Waals surface area contributed by atoms with Crippen LogP contribution < -0.4 is 0 Å². The molecule has 0 atom stereocenters. The van der Waals surface area contributed by atoms with E-state index in [9.17, 15) is 0 Å². The molecule has 0 aliphatic carbocycles. The molecule has 0 N–H and O–H groups in total. The summed E-state index contributed by atoms with van der Waals surface area (Å²) in [6, 6.07) is 2.07. The number of nitrogens with zero attached hydrogens (tertiary/aromatic N) is 3. The van der Waals surface area contributed by atoms with E-state index in [1.54, 1.807) is 0 Å². The van der Waals surface area contributed by atoms with Crippen molar-refractivity contribution in [1.82, 2.24) is 14.5 Å². The van der Waals surface area contributed by atoms with Crippen LogP contribution in [0.3, 0.4) is 0 Å². The van der Waals surface area contributed by atoms with Gasteiger partial charge < -0.3 is 4.57 Å². The minimum absolute atomic E-state index is 0.0211. The first-order valence-electron chi connectivity index (χ1n) is 6.45. The fourth-order valence-electron chi connectivity index (χ4n) is 2.05. The zero-order chi connectivity index (χ0) is 13.7. The number of rotatable bonds is 0. The quantitative estimate of drug-likeness (QED) is 0.710. The van der Waals surface area contributed by atoms with Gasteiger partial charge in [0.15, 0.2) is 0 Å². The number of hydrogen-bond acceptors (Lipinski definition) is 2. The van der Waals surface area contributed by atoms with Gasteiger partial charge in [0.1, 0.15) is 5.82 Å². The maximum atomic E-state index is 4.84. The second kappa shape index (κ2) is 3.81. The third kappa shape index (κ3) is 2.14. The lowest BCUT2D eigenvalue weighted by atomic mass is 9.89. The maximum Gasteiger partial charge on any atom is 0.134 e. The Labute approximate surface area is 109 Å². The molecule has 0 fully saturated rings. The second-order valence-corrected chi connectivity index (χ2v) is 7.06. The van der Waals surface area contributed by atoms with Crippen molar-refractivity contribution in [2.45, 2.75) is 52.4 Å². The Morgan fingerprint density at radius 2 is 1.56 bits per heavy atom. The van der Waals surface area contributed by atoms with E-state index < -0.39 is 0 Å². The summed E-state index contributed by atoms with van der Waals surface area (Å²) in [4.78, 5) is 9.55. The number of aromatic nitrogens is 3. The first kappa shape index (κ1) is 13.1. The molecule has 18 heavy (non-hydrogen) atoms. The minimum Gasteiger partial charge on any atom is -0.348 e. The zero-order valence-corrected chi connectivity index (χ0v) is 12.5. The highest BCUT2D eigenvalue weighted by molar-refractivity contribution is 5.79. The van der Waals surface area contributed by atoms with Gasteiger partial charge in [0.05, 0.1) is 16.7 Å². The molecular formula is C15H23N3. The minimum atomic E-state index is -0.0238. The van der Waals surface area contributed by atoms with Crippen molar-refractivity contribution in [3.63, 3.8) is 0 Å². The molecule has 0 aliphatic heterocycles. The van der Waals surface area contributed by atoms with Crippen molar-refractivity contribution < 1.29 is 0 Å². The smallest absolute Gasteiger partial charge is 0.134 e. The van der Waals surface area contributed by atoms with Crippen LogP contribution in [0.1, 0.15) is 53.1 Å². The Morgan fingerprint density at radius 3 is 2.06 bits per heavy atom. The largest absolute Gasteiger partial charge is 0.348 e. The summed E-state index contributed by atoms with van der Waals surface area (Å²) in [6.45, 7) is 13.1. The Kier molecular flexibility index (Phi) is 2.76. The molecule has 0 amide bonds. The van der Waals surface area contributed by atoms with Crippen LogP contribution in [-0.2, 0) is 17.9 Å². The van der Waals surface area contributed by atoms with E-state index in [1.165, 1.54) is 0 Å². The lowest BCUT2D eigenvalue weighted by Gasteiger charge is -2.24. The predicted molar refractivity (Wildman–Crippen MR) is 75.9 cm³/mol. The number of fused-ring (bicyclic) bond motifs is 1. The molecule has 0 bridgehead atoms. The van der Waals surface area contributed by atoms with Crippen molar-refractivity contribution in [1.29, 1.82) is 0 Å². The van der Waals surface area contributed by atoms with Gasteiger partial charge in [-0.25, -0.2) is 9.97 Å². The van der Waals surface area contributed by atoms with E-state index in [4.69, 9.17) is 9.97 Å². The topological polar surface area (TPSA) is 30.7 Å². The van der Waals surface area contributed by atoms with Crippen LogP contribution >= 0.6 is 0 Å².